The average Bonchev–Trinajstić information content (AvgIpc) is 3.04. The second kappa shape index (κ2) is 8.19. The zero-order valence-electron chi connectivity index (χ0n) is 16.9. The Morgan fingerprint density at radius 2 is 1.96 bits per heavy atom. The molecule has 0 radical (unpaired) electrons. The number of hydrogen-bond donors (Lipinski definition) is 0. The van der Waals surface area contributed by atoms with E-state index in [1.807, 2.05) is 26.2 Å². The van der Waals surface area contributed by atoms with E-state index in [1.165, 1.54) is 24.0 Å². The molecule has 1 saturated heterocycles. The van der Waals surface area contributed by atoms with Crippen LogP contribution in [0.5, 0.6) is 0 Å². The largest absolute Gasteiger partial charge is 0.361 e. The summed E-state index contributed by atoms with van der Waals surface area (Å²) in [5, 5.41) is 4.04. The summed E-state index contributed by atoms with van der Waals surface area (Å²) in [5.74, 6) is 1.48. The summed E-state index contributed by atoms with van der Waals surface area (Å²) in [5.41, 5.74) is 6.54. The van der Waals surface area contributed by atoms with E-state index in [4.69, 9.17) is 4.52 Å². The summed E-state index contributed by atoms with van der Waals surface area (Å²) < 4.78 is 5.29. The highest BCUT2D eigenvalue weighted by Gasteiger charge is 2.21. The van der Waals surface area contributed by atoms with Crippen molar-refractivity contribution in [3.05, 3.63) is 59.1 Å². The Bertz CT molecular complexity index is 924. The van der Waals surface area contributed by atoms with Gasteiger partial charge in [-0.3, -0.25) is 9.88 Å². The number of aromatic nitrogens is 4. The van der Waals surface area contributed by atoms with Crippen LogP contribution < -0.4 is 0 Å². The molecule has 6 nitrogen and oxygen atoms in total. The lowest BCUT2D eigenvalue weighted by Gasteiger charge is -2.32. The van der Waals surface area contributed by atoms with E-state index in [9.17, 15) is 0 Å². The molecule has 0 aliphatic carbocycles. The molecule has 0 N–H and O–H groups in total. The maximum absolute atomic E-state index is 5.29. The van der Waals surface area contributed by atoms with Crippen LogP contribution in [0.4, 0.5) is 0 Å². The van der Waals surface area contributed by atoms with E-state index < -0.39 is 0 Å². The number of nitrogens with zero attached hydrogens (tertiary/aromatic N) is 5. The molecule has 4 heterocycles. The van der Waals surface area contributed by atoms with E-state index in [0.29, 0.717) is 5.92 Å². The molecule has 146 valence electrons. The highest BCUT2D eigenvalue weighted by molar-refractivity contribution is 5.63. The van der Waals surface area contributed by atoms with Gasteiger partial charge in [0.15, 0.2) is 0 Å². The Hall–Kier alpha value is -2.60. The fraction of sp³-hybridized carbons (Fsp3) is 0.455. The molecule has 3 aromatic rings. The van der Waals surface area contributed by atoms with Crippen LogP contribution >= 0.6 is 0 Å². The highest BCUT2D eigenvalue weighted by atomic mass is 16.5. The fourth-order valence-electron chi connectivity index (χ4n) is 4.06. The number of pyridine rings is 1. The molecular weight excluding hydrogens is 350 g/mol. The van der Waals surface area contributed by atoms with Crippen molar-refractivity contribution in [2.75, 3.05) is 13.1 Å². The molecule has 1 aliphatic rings. The minimum atomic E-state index is 0.669. The first-order chi connectivity index (χ1) is 13.6. The Morgan fingerprint density at radius 1 is 1.14 bits per heavy atom. The van der Waals surface area contributed by atoms with Gasteiger partial charge in [-0.05, 0) is 82.3 Å². The molecule has 0 unspecified atom stereocenters. The standard InChI is InChI=1S/C22H27N5O/c1-15-12-23-7-4-19(15)13-27-8-5-18(6-9-27)10-20-11-21(25-14-24-20)22-16(2)26-28-17(22)3/h4,7,11-12,14,18H,5-6,8-10,13H2,1-3H3. The van der Waals surface area contributed by atoms with E-state index in [-0.39, 0.29) is 0 Å². The second-order valence-electron chi connectivity index (χ2n) is 7.82. The van der Waals surface area contributed by atoms with Gasteiger partial charge in [-0.2, -0.15) is 0 Å². The molecule has 0 aromatic carbocycles. The minimum Gasteiger partial charge on any atom is -0.361 e. The Morgan fingerprint density at radius 3 is 2.68 bits per heavy atom. The van der Waals surface area contributed by atoms with Gasteiger partial charge in [0, 0.05) is 24.6 Å². The van der Waals surface area contributed by atoms with Gasteiger partial charge in [0.1, 0.15) is 12.1 Å². The van der Waals surface area contributed by atoms with Gasteiger partial charge >= 0.3 is 0 Å². The van der Waals surface area contributed by atoms with Gasteiger partial charge in [-0.1, -0.05) is 5.16 Å². The molecule has 3 aromatic heterocycles. The maximum Gasteiger partial charge on any atom is 0.143 e. The average molecular weight is 377 g/mol. The normalized spacial score (nSPS) is 15.8. The SMILES string of the molecule is Cc1cnccc1CN1CCC(Cc2cc(-c3c(C)noc3C)ncn2)CC1. The van der Waals surface area contributed by atoms with Gasteiger partial charge in [0.25, 0.3) is 0 Å². The third kappa shape index (κ3) is 4.12. The van der Waals surface area contributed by atoms with Gasteiger partial charge < -0.3 is 4.52 Å². The molecular formula is C22H27N5O. The van der Waals surface area contributed by atoms with Crippen molar-refractivity contribution in [1.82, 2.24) is 25.0 Å². The molecule has 1 fully saturated rings. The third-order valence-corrected chi connectivity index (χ3v) is 5.75. The van der Waals surface area contributed by atoms with Gasteiger partial charge in [-0.15, -0.1) is 0 Å². The predicted octanol–water partition coefficient (Wildman–Crippen LogP) is 3.91. The first-order valence-corrected chi connectivity index (χ1v) is 9.96. The second-order valence-corrected chi connectivity index (χ2v) is 7.82. The lowest BCUT2D eigenvalue weighted by atomic mass is 9.91. The van der Waals surface area contributed by atoms with Crippen molar-refractivity contribution in [3.8, 4) is 11.3 Å². The summed E-state index contributed by atoms with van der Waals surface area (Å²) >= 11 is 0. The van der Waals surface area contributed by atoms with Gasteiger partial charge in [0.05, 0.1) is 17.0 Å². The molecule has 0 spiro atoms. The molecule has 0 amide bonds. The van der Waals surface area contributed by atoms with Crippen molar-refractivity contribution < 1.29 is 4.52 Å². The fourth-order valence-corrected chi connectivity index (χ4v) is 4.06. The summed E-state index contributed by atoms with van der Waals surface area (Å²) in [7, 11) is 0. The zero-order valence-corrected chi connectivity index (χ0v) is 16.9. The predicted molar refractivity (Wildman–Crippen MR) is 108 cm³/mol. The van der Waals surface area contributed by atoms with Crippen LogP contribution in [0.15, 0.2) is 35.4 Å². The highest BCUT2D eigenvalue weighted by Crippen LogP contribution is 2.27. The molecule has 1 aliphatic heterocycles. The summed E-state index contributed by atoms with van der Waals surface area (Å²) in [6.45, 7) is 9.30. The first kappa shape index (κ1) is 18.7. The molecule has 6 heteroatoms. The van der Waals surface area contributed by atoms with Crippen LogP contribution in [0.3, 0.4) is 0 Å². The van der Waals surface area contributed by atoms with Crippen molar-refractivity contribution in [2.45, 2.75) is 46.6 Å². The molecule has 0 saturated carbocycles. The molecule has 28 heavy (non-hydrogen) atoms. The smallest absolute Gasteiger partial charge is 0.143 e. The van der Waals surface area contributed by atoms with Crippen LogP contribution in [0.25, 0.3) is 11.3 Å². The Labute approximate surface area is 166 Å². The van der Waals surface area contributed by atoms with E-state index in [1.54, 1.807) is 6.33 Å². The van der Waals surface area contributed by atoms with Crippen LogP contribution in [-0.4, -0.2) is 38.1 Å². The zero-order chi connectivity index (χ0) is 19.5. The molecule has 0 atom stereocenters. The van der Waals surface area contributed by atoms with E-state index in [2.05, 4.69) is 44.1 Å². The lowest BCUT2D eigenvalue weighted by Crippen LogP contribution is -2.34. The van der Waals surface area contributed by atoms with Crippen LogP contribution in [0, 0.1) is 26.7 Å². The van der Waals surface area contributed by atoms with Crippen LogP contribution in [0.1, 0.15) is 41.1 Å². The van der Waals surface area contributed by atoms with Crippen LogP contribution in [0.2, 0.25) is 0 Å². The summed E-state index contributed by atoms with van der Waals surface area (Å²) in [6, 6.07) is 4.23. The number of likely N-dealkylation sites (tertiary alicyclic amines) is 1. The van der Waals surface area contributed by atoms with Crippen molar-refractivity contribution in [3.63, 3.8) is 0 Å². The Balaban J connectivity index is 1.36. The number of aryl methyl sites for hydroxylation is 3. The van der Waals surface area contributed by atoms with E-state index in [0.717, 1.165) is 54.5 Å². The van der Waals surface area contributed by atoms with Crippen molar-refractivity contribution in [1.29, 1.82) is 0 Å². The molecule has 0 bridgehead atoms. The summed E-state index contributed by atoms with van der Waals surface area (Å²) in [4.78, 5) is 15.7. The van der Waals surface area contributed by atoms with Gasteiger partial charge in [0.2, 0.25) is 0 Å². The van der Waals surface area contributed by atoms with Crippen LogP contribution in [-0.2, 0) is 13.0 Å². The first-order valence-electron chi connectivity index (χ1n) is 9.96. The quantitative estimate of drug-likeness (QED) is 0.672. The van der Waals surface area contributed by atoms with Crippen molar-refractivity contribution in [2.24, 2.45) is 5.92 Å². The monoisotopic (exact) mass is 377 g/mol. The van der Waals surface area contributed by atoms with E-state index >= 15 is 0 Å². The number of piperidine rings is 1. The minimum absolute atomic E-state index is 0.669. The Kier molecular flexibility index (Phi) is 5.48. The third-order valence-electron chi connectivity index (χ3n) is 5.75. The number of rotatable bonds is 5. The summed E-state index contributed by atoms with van der Waals surface area (Å²) in [6.07, 6.45) is 8.91. The lowest BCUT2D eigenvalue weighted by molar-refractivity contribution is 0.176. The maximum atomic E-state index is 5.29. The topological polar surface area (TPSA) is 67.9 Å². The number of hydrogen-bond acceptors (Lipinski definition) is 6. The van der Waals surface area contributed by atoms with Crippen molar-refractivity contribution >= 4 is 0 Å². The molecule has 4 rings (SSSR count). The van der Waals surface area contributed by atoms with Gasteiger partial charge in [-0.25, -0.2) is 9.97 Å².